The highest BCUT2D eigenvalue weighted by Crippen LogP contribution is 2.23. The van der Waals surface area contributed by atoms with Gasteiger partial charge in [-0.25, -0.2) is 4.98 Å². The minimum atomic E-state index is -0.639. The molecular formula is C18H21N3O3S3. The summed E-state index contributed by atoms with van der Waals surface area (Å²) in [5, 5.41) is 0.461. The summed E-state index contributed by atoms with van der Waals surface area (Å²) in [4.78, 5) is 13.6. The third-order valence-electron chi connectivity index (χ3n) is 2.89. The molecule has 0 bridgehead atoms. The van der Waals surface area contributed by atoms with Gasteiger partial charge < -0.3 is 20.9 Å². The lowest BCUT2D eigenvalue weighted by atomic mass is 10.2. The number of methoxy groups -OCH3 is 1. The molecule has 0 atom stereocenters. The first-order valence-corrected chi connectivity index (χ1v) is 9.34. The Morgan fingerprint density at radius 2 is 1.85 bits per heavy atom. The second-order valence-corrected chi connectivity index (χ2v) is 7.00. The normalized spacial score (nSPS) is 9.30. The standard InChI is InChI=1S/C15H13NOS.C2H5NOS.CH3NOS/c1-11-5-4-6-12(9-11)17-10-15-16-13-7-2-3-8-14(13)18-15;1-4-2(3)5;2-1(3)4/h2-9H,10H2,1H3;1H3,(H2,3,5);(H3,2,3,4). The van der Waals surface area contributed by atoms with Crippen LogP contribution in [0.1, 0.15) is 10.6 Å². The Kier molecular flexibility index (Phi) is 10.2. The van der Waals surface area contributed by atoms with E-state index in [0.29, 0.717) is 6.61 Å². The lowest BCUT2D eigenvalue weighted by Crippen LogP contribution is -2.08. The maximum Gasteiger partial charge on any atom is 0.273 e. The molecule has 0 aliphatic carbocycles. The molecule has 6 nitrogen and oxygen atoms in total. The highest BCUT2D eigenvalue weighted by Gasteiger charge is 2.03. The van der Waals surface area contributed by atoms with Gasteiger partial charge in [-0.15, -0.1) is 11.3 Å². The zero-order valence-electron chi connectivity index (χ0n) is 14.9. The number of rotatable bonds is 3. The van der Waals surface area contributed by atoms with Gasteiger partial charge in [0, 0.05) is 0 Å². The average molecular weight is 424 g/mol. The Morgan fingerprint density at radius 1 is 1.22 bits per heavy atom. The molecule has 4 N–H and O–H groups in total. The number of nitrogens with zero attached hydrogens (tertiary/aromatic N) is 1. The fourth-order valence-corrected chi connectivity index (χ4v) is 2.71. The molecule has 0 saturated carbocycles. The molecule has 0 saturated heterocycles. The van der Waals surface area contributed by atoms with Crippen molar-refractivity contribution in [1.29, 1.82) is 0 Å². The molecule has 9 heteroatoms. The van der Waals surface area contributed by atoms with Crippen molar-refractivity contribution in [2.75, 3.05) is 7.11 Å². The molecule has 0 aliphatic rings. The lowest BCUT2D eigenvalue weighted by Gasteiger charge is -2.04. The Morgan fingerprint density at radius 3 is 2.41 bits per heavy atom. The van der Waals surface area contributed by atoms with E-state index < -0.39 is 5.24 Å². The molecule has 1 amide bonds. The highest BCUT2D eigenvalue weighted by molar-refractivity contribution is 7.96. The second-order valence-electron chi connectivity index (χ2n) is 5.04. The zero-order valence-corrected chi connectivity index (χ0v) is 17.4. The maximum absolute atomic E-state index is 9.09. The van der Waals surface area contributed by atoms with E-state index in [-0.39, 0.29) is 5.17 Å². The molecular weight excluding hydrogens is 402 g/mol. The number of carbonyl (C=O) groups excluding carboxylic acids is 1. The molecule has 0 aliphatic heterocycles. The SMILES string of the molecule is COC(N)=S.Cc1cccc(OCc2nc3ccccc3s2)c1.NC(=O)S. The number of aryl methyl sites for hydroxylation is 1. The van der Waals surface area contributed by atoms with E-state index in [2.05, 4.69) is 59.4 Å². The first-order chi connectivity index (χ1) is 12.8. The van der Waals surface area contributed by atoms with Gasteiger partial charge >= 0.3 is 0 Å². The molecule has 2 aromatic carbocycles. The van der Waals surface area contributed by atoms with Crippen LogP contribution >= 0.6 is 36.2 Å². The van der Waals surface area contributed by atoms with Crippen LogP contribution in [0.15, 0.2) is 48.5 Å². The first-order valence-electron chi connectivity index (χ1n) is 7.67. The highest BCUT2D eigenvalue weighted by atomic mass is 32.1. The second kappa shape index (κ2) is 12.1. The topological polar surface area (TPSA) is 100 Å². The third kappa shape index (κ3) is 9.78. The Bertz CT molecular complexity index is 847. The van der Waals surface area contributed by atoms with Crippen LogP contribution in [-0.2, 0) is 11.3 Å². The number of thiocarbonyl (C=S) groups is 1. The van der Waals surface area contributed by atoms with Gasteiger partial charge in [-0.2, -0.15) is 0 Å². The van der Waals surface area contributed by atoms with Gasteiger partial charge in [0.25, 0.3) is 10.4 Å². The van der Waals surface area contributed by atoms with Gasteiger partial charge in [-0.05, 0) is 49.0 Å². The molecule has 144 valence electrons. The monoisotopic (exact) mass is 423 g/mol. The predicted molar refractivity (Wildman–Crippen MR) is 117 cm³/mol. The van der Waals surface area contributed by atoms with Crippen molar-refractivity contribution < 1.29 is 14.3 Å². The molecule has 1 aromatic heterocycles. The van der Waals surface area contributed by atoms with Crippen LogP contribution in [0.3, 0.4) is 0 Å². The van der Waals surface area contributed by atoms with Gasteiger partial charge in [0.15, 0.2) is 0 Å². The van der Waals surface area contributed by atoms with Crippen LogP contribution < -0.4 is 16.2 Å². The van der Waals surface area contributed by atoms with Gasteiger partial charge in [0.1, 0.15) is 17.4 Å². The van der Waals surface area contributed by atoms with E-state index in [4.69, 9.17) is 15.3 Å². The molecule has 3 rings (SSSR count). The smallest absolute Gasteiger partial charge is 0.273 e. The first kappa shape index (κ1) is 22.7. The number of hydrogen-bond acceptors (Lipinski definition) is 6. The molecule has 1 heterocycles. The molecule has 3 aromatic rings. The van der Waals surface area contributed by atoms with Crippen LogP contribution in [0, 0.1) is 6.92 Å². The van der Waals surface area contributed by atoms with Gasteiger partial charge in [0.05, 0.1) is 17.3 Å². The number of primary amides is 1. The van der Waals surface area contributed by atoms with Crippen molar-refractivity contribution in [2.24, 2.45) is 11.5 Å². The van der Waals surface area contributed by atoms with Crippen LogP contribution in [0.5, 0.6) is 5.75 Å². The molecule has 0 unspecified atom stereocenters. The van der Waals surface area contributed by atoms with Crippen LogP contribution in [-0.4, -0.2) is 22.5 Å². The maximum atomic E-state index is 9.09. The minimum Gasteiger partial charge on any atom is -0.486 e. The van der Waals surface area contributed by atoms with Crippen LogP contribution in [0.2, 0.25) is 0 Å². The van der Waals surface area contributed by atoms with Crippen molar-refractivity contribution >= 4 is 56.8 Å². The Labute approximate surface area is 172 Å². The predicted octanol–water partition coefficient (Wildman–Crippen LogP) is 4.06. The van der Waals surface area contributed by atoms with Gasteiger partial charge in [-0.3, -0.25) is 4.79 Å². The number of hydrogen-bond donors (Lipinski definition) is 3. The summed E-state index contributed by atoms with van der Waals surface area (Å²) in [6, 6.07) is 16.2. The number of amides is 1. The quantitative estimate of drug-likeness (QED) is 0.434. The fraction of sp³-hybridized carbons (Fsp3) is 0.167. The number of nitrogens with two attached hydrogens (primary N) is 2. The zero-order chi connectivity index (χ0) is 20.2. The third-order valence-corrected chi connectivity index (χ3v) is 4.07. The number of thiazole rings is 1. The minimum absolute atomic E-state index is 0.0880. The van der Waals surface area contributed by atoms with Crippen LogP contribution in [0.25, 0.3) is 10.2 Å². The van der Waals surface area contributed by atoms with Gasteiger partial charge in [-0.1, -0.05) is 36.9 Å². The molecule has 0 spiro atoms. The largest absolute Gasteiger partial charge is 0.486 e. The summed E-state index contributed by atoms with van der Waals surface area (Å²) in [5.74, 6) is 0.897. The fourth-order valence-electron chi connectivity index (χ4n) is 1.83. The van der Waals surface area contributed by atoms with Crippen molar-refractivity contribution in [3.8, 4) is 5.75 Å². The number of para-hydroxylation sites is 1. The molecule has 0 fully saturated rings. The number of aromatic nitrogens is 1. The van der Waals surface area contributed by atoms with Crippen molar-refractivity contribution in [3.63, 3.8) is 0 Å². The summed E-state index contributed by atoms with van der Waals surface area (Å²) in [6.45, 7) is 2.59. The number of thiol groups is 1. The van der Waals surface area contributed by atoms with E-state index in [0.717, 1.165) is 16.3 Å². The summed E-state index contributed by atoms with van der Waals surface area (Å²) >= 11 is 9.04. The van der Waals surface area contributed by atoms with E-state index in [9.17, 15) is 0 Å². The Balaban J connectivity index is 0.000000342. The summed E-state index contributed by atoms with van der Waals surface area (Å²) in [6.07, 6.45) is 0. The van der Waals surface area contributed by atoms with Crippen molar-refractivity contribution in [3.05, 3.63) is 59.1 Å². The average Bonchev–Trinajstić information content (AvgIpc) is 3.03. The van der Waals surface area contributed by atoms with Gasteiger partial charge in [0.2, 0.25) is 0 Å². The number of ether oxygens (including phenoxy) is 2. The van der Waals surface area contributed by atoms with E-state index >= 15 is 0 Å². The van der Waals surface area contributed by atoms with E-state index in [1.54, 1.807) is 11.3 Å². The van der Waals surface area contributed by atoms with E-state index in [1.165, 1.54) is 17.4 Å². The van der Waals surface area contributed by atoms with Crippen molar-refractivity contribution in [2.45, 2.75) is 13.5 Å². The summed E-state index contributed by atoms with van der Waals surface area (Å²) in [5.41, 5.74) is 11.4. The summed E-state index contributed by atoms with van der Waals surface area (Å²) < 4.78 is 11.2. The van der Waals surface area contributed by atoms with Crippen LogP contribution in [0.4, 0.5) is 4.79 Å². The Hall–Kier alpha value is -2.36. The summed E-state index contributed by atoms with van der Waals surface area (Å²) in [7, 11) is 1.43. The van der Waals surface area contributed by atoms with Crippen molar-refractivity contribution in [1.82, 2.24) is 4.98 Å². The number of benzene rings is 2. The number of fused-ring (bicyclic) bond motifs is 1. The number of carbonyl (C=O) groups is 1. The lowest BCUT2D eigenvalue weighted by molar-refractivity contribution is 0.267. The molecule has 27 heavy (non-hydrogen) atoms. The van der Waals surface area contributed by atoms with E-state index in [1.807, 2.05) is 36.4 Å². The molecule has 0 radical (unpaired) electrons.